The highest BCUT2D eigenvalue weighted by molar-refractivity contribution is 7.62. The van der Waals surface area contributed by atoms with Gasteiger partial charge in [0.15, 0.2) is 0 Å². The molecule has 0 aromatic heterocycles. The van der Waals surface area contributed by atoms with Gasteiger partial charge >= 0.3 is 0 Å². The van der Waals surface area contributed by atoms with Crippen molar-refractivity contribution < 1.29 is 13.3 Å². The molecule has 0 aliphatic carbocycles. The molecule has 0 aromatic carbocycles. The number of rotatable bonds is 1. The van der Waals surface area contributed by atoms with Crippen LogP contribution in [-0.2, 0) is 4.57 Å². The van der Waals surface area contributed by atoms with E-state index in [1.165, 1.54) is 0 Å². The van der Waals surface area contributed by atoms with Gasteiger partial charge in [0, 0.05) is 0 Å². The van der Waals surface area contributed by atoms with Crippen molar-refractivity contribution in [1.29, 1.82) is 0 Å². The van der Waals surface area contributed by atoms with Crippen LogP contribution in [0.3, 0.4) is 0 Å². The number of hydrogen-bond donors (Lipinski definition) is 0. The summed E-state index contributed by atoms with van der Waals surface area (Å²) in [6.07, 6.45) is -2.65. The lowest BCUT2D eigenvalue weighted by molar-refractivity contribution is 0.235. The van der Waals surface area contributed by atoms with Gasteiger partial charge in [-0.2, -0.15) is 0 Å². The van der Waals surface area contributed by atoms with Crippen molar-refractivity contribution in [3.63, 3.8) is 0 Å². The first-order valence-corrected chi connectivity index (χ1v) is 4.44. The number of alkyl halides is 2. The molecule has 4 heteroatoms. The molecule has 0 aliphatic heterocycles. The molecule has 7 heavy (non-hydrogen) atoms. The SMILES string of the molecule is CP(C)(=O)C(F)F. The molecule has 0 saturated heterocycles. The van der Waals surface area contributed by atoms with Gasteiger partial charge in [-0.25, -0.2) is 8.78 Å². The van der Waals surface area contributed by atoms with Crippen LogP contribution in [-0.4, -0.2) is 19.5 Å². The lowest BCUT2D eigenvalue weighted by Crippen LogP contribution is -1.87. The highest BCUT2D eigenvalue weighted by Crippen LogP contribution is 2.43. The zero-order valence-corrected chi connectivity index (χ0v) is 5.08. The second kappa shape index (κ2) is 1.91. The van der Waals surface area contributed by atoms with Crippen LogP contribution in [0.25, 0.3) is 0 Å². The molecule has 0 spiro atoms. The predicted octanol–water partition coefficient (Wildman–Crippen LogP) is 1.83. The monoisotopic (exact) mass is 128 g/mol. The van der Waals surface area contributed by atoms with Crippen molar-refractivity contribution in [3.8, 4) is 0 Å². The minimum atomic E-state index is -3.07. The lowest BCUT2D eigenvalue weighted by Gasteiger charge is -2.00. The maximum Gasteiger partial charge on any atom is 0.288 e. The predicted molar refractivity (Wildman–Crippen MR) is 25.5 cm³/mol. The van der Waals surface area contributed by atoms with E-state index < -0.39 is 13.3 Å². The Balaban J connectivity index is 3.80. The summed E-state index contributed by atoms with van der Waals surface area (Å²) in [4.78, 5) is 0. The summed E-state index contributed by atoms with van der Waals surface area (Å²) in [6.45, 7) is 2.13. The standard InChI is InChI=1S/C3H7F2OP/c1-7(2,6)3(4)5/h3H,1-2H3. The number of hydrogen-bond acceptors (Lipinski definition) is 1. The van der Waals surface area contributed by atoms with Crippen LogP contribution in [0.15, 0.2) is 0 Å². The Bertz CT molecular complexity index is 95.1. The van der Waals surface area contributed by atoms with E-state index in [1.54, 1.807) is 0 Å². The van der Waals surface area contributed by atoms with Crippen LogP contribution in [0.1, 0.15) is 0 Å². The highest BCUT2D eigenvalue weighted by Gasteiger charge is 2.19. The van der Waals surface area contributed by atoms with Crippen molar-refractivity contribution in [1.82, 2.24) is 0 Å². The van der Waals surface area contributed by atoms with E-state index in [0.29, 0.717) is 0 Å². The molecule has 44 valence electrons. The first-order chi connectivity index (χ1) is 2.94. The zero-order chi connectivity index (χ0) is 6.08. The molecule has 0 bridgehead atoms. The molecule has 0 N–H and O–H groups in total. The average molecular weight is 128 g/mol. The largest absolute Gasteiger partial charge is 0.318 e. The Morgan fingerprint density at radius 1 is 1.43 bits per heavy atom. The Morgan fingerprint density at radius 2 is 1.57 bits per heavy atom. The first kappa shape index (κ1) is 7.09. The molecule has 0 aliphatic rings. The summed E-state index contributed by atoms with van der Waals surface area (Å²) >= 11 is 0. The molecule has 0 aromatic rings. The second-order valence-electron chi connectivity index (χ2n) is 1.71. The Kier molecular flexibility index (Phi) is 1.93. The third-order valence-corrected chi connectivity index (χ3v) is 1.41. The van der Waals surface area contributed by atoms with E-state index in [2.05, 4.69) is 0 Å². The van der Waals surface area contributed by atoms with Gasteiger partial charge in [-0.1, -0.05) is 0 Å². The average Bonchev–Trinajstić information content (AvgIpc) is 1.31. The van der Waals surface area contributed by atoms with Gasteiger partial charge in [0.2, 0.25) is 0 Å². The van der Waals surface area contributed by atoms with Gasteiger partial charge in [0.25, 0.3) is 6.17 Å². The fourth-order valence-electron chi connectivity index (χ4n) is 0. The van der Waals surface area contributed by atoms with Crippen LogP contribution >= 0.6 is 7.14 Å². The van der Waals surface area contributed by atoms with Crippen molar-refractivity contribution in [2.45, 2.75) is 6.17 Å². The molecule has 0 saturated carbocycles. The van der Waals surface area contributed by atoms with Crippen LogP contribution in [0.2, 0.25) is 0 Å². The van der Waals surface area contributed by atoms with Gasteiger partial charge < -0.3 is 4.57 Å². The summed E-state index contributed by atoms with van der Waals surface area (Å²) in [6, 6.07) is 0. The molecule has 0 amide bonds. The van der Waals surface area contributed by atoms with E-state index >= 15 is 0 Å². The van der Waals surface area contributed by atoms with Gasteiger partial charge in [0.1, 0.15) is 7.14 Å². The lowest BCUT2D eigenvalue weighted by atomic mass is 11.7. The molecule has 0 radical (unpaired) electrons. The van der Waals surface area contributed by atoms with Crippen molar-refractivity contribution in [2.24, 2.45) is 0 Å². The summed E-state index contributed by atoms with van der Waals surface area (Å²) in [7, 11) is -3.07. The van der Waals surface area contributed by atoms with E-state index in [1.807, 2.05) is 0 Å². The molecule has 0 atom stereocenters. The topological polar surface area (TPSA) is 17.1 Å². The van der Waals surface area contributed by atoms with Crippen molar-refractivity contribution >= 4 is 7.14 Å². The first-order valence-electron chi connectivity index (χ1n) is 1.77. The van der Waals surface area contributed by atoms with E-state index in [4.69, 9.17) is 0 Å². The third kappa shape index (κ3) is 2.75. The summed E-state index contributed by atoms with van der Waals surface area (Å²) in [5, 5.41) is 0. The fraction of sp³-hybridized carbons (Fsp3) is 1.00. The van der Waals surface area contributed by atoms with E-state index in [9.17, 15) is 13.3 Å². The Labute approximate surface area is 41.1 Å². The molecule has 0 fully saturated rings. The highest BCUT2D eigenvalue weighted by atomic mass is 31.2. The maximum absolute atomic E-state index is 11.3. The molecule has 1 nitrogen and oxygen atoms in total. The summed E-state index contributed by atoms with van der Waals surface area (Å²) < 4.78 is 32.7. The van der Waals surface area contributed by atoms with Crippen molar-refractivity contribution in [3.05, 3.63) is 0 Å². The molecular weight excluding hydrogens is 121 g/mol. The zero-order valence-electron chi connectivity index (χ0n) is 4.19. The van der Waals surface area contributed by atoms with E-state index in [0.717, 1.165) is 13.3 Å². The van der Waals surface area contributed by atoms with Gasteiger partial charge in [0.05, 0.1) is 0 Å². The van der Waals surface area contributed by atoms with Gasteiger partial charge in [-0.05, 0) is 13.3 Å². The molecule has 0 unspecified atom stereocenters. The van der Waals surface area contributed by atoms with Gasteiger partial charge in [-0.15, -0.1) is 0 Å². The third-order valence-electron chi connectivity index (χ3n) is 0.470. The van der Waals surface area contributed by atoms with Crippen molar-refractivity contribution in [2.75, 3.05) is 13.3 Å². The Morgan fingerprint density at radius 3 is 1.57 bits per heavy atom. The van der Waals surface area contributed by atoms with Crippen LogP contribution in [0, 0.1) is 0 Å². The molecule has 0 heterocycles. The Hall–Kier alpha value is 0.0900. The maximum atomic E-state index is 11.3. The summed E-state index contributed by atoms with van der Waals surface area (Å²) in [5.74, 6) is 0. The number of halogens is 2. The van der Waals surface area contributed by atoms with Crippen LogP contribution in [0.5, 0.6) is 0 Å². The fourth-order valence-corrected chi connectivity index (χ4v) is 0. The smallest absolute Gasteiger partial charge is 0.288 e. The van der Waals surface area contributed by atoms with E-state index in [-0.39, 0.29) is 0 Å². The second-order valence-corrected chi connectivity index (χ2v) is 4.97. The molecular formula is C3H7F2OP. The normalized spacial score (nSPS) is 12.7. The minimum absolute atomic E-state index is 1.07. The quantitative estimate of drug-likeness (QED) is 0.492. The molecule has 0 rings (SSSR count). The minimum Gasteiger partial charge on any atom is -0.318 e. The van der Waals surface area contributed by atoms with Gasteiger partial charge in [-0.3, -0.25) is 0 Å². The van der Waals surface area contributed by atoms with Crippen LogP contribution in [0.4, 0.5) is 8.78 Å². The summed E-state index contributed by atoms with van der Waals surface area (Å²) in [5.41, 5.74) is 0. The van der Waals surface area contributed by atoms with Crippen LogP contribution < -0.4 is 0 Å².